The monoisotopic (exact) mass is 384 g/mol. The molecule has 25 heavy (non-hydrogen) atoms. The van der Waals surface area contributed by atoms with Crippen LogP contribution in [0.15, 0.2) is 48.4 Å². The Kier molecular flexibility index (Phi) is 6.78. The number of sulfonamides is 1. The average Bonchev–Trinajstić information content (AvgIpc) is 2.62. The largest absolute Gasteiger partial charge is 0.379 e. The van der Waals surface area contributed by atoms with Gasteiger partial charge in [-0.1, -0.05) is 23.8 Å². The molecule has 1 aromatic rings. The Labute approximate surface area is 153 Å². The minimum absolute atomic E-state index is 0.0410. The van der Waals surface area contributed by atoms with Gasteiger partial charge in [0, 0.05) is 26.2 Å². The first kappa shape index (κ1) is 19.7. The van der Waals surface area contributed by atoms with Crippen molar-refractivity contribution in [2.75, 3.05) is 39.4 Å². The van der Waals surface area contributed by atoms with Gasteiger partial charge >= 0.3 is 0 Å². The predicted molar refractivity (Wildman–Crippen MR) is 97.3 cm³/mol. The molecule has 1 fully saturated rings. The number of hydrogen-bond acceptors (Lipinski definition) is 4. The lowest BCUT2D eigenvalue weighted by molar-refractivity contribution is 0.0730. The van der Waals surface area contributed by atoms with Crippen molar-refractivity contribution in [3.8, 4) is 0 Å². The number of amides is 1. The van der Waals surface area contributed by atoms with Crippen LogP contribution in [0, 0.1) is 0 Å². The lowest BCUT2D eigenvalue weighted by Gasteiger charge is -2.26. The van der Waals surface area contributed by atoms with Gasteiger partial charge in [-0.2, -0.15) is 4.31 Å². The van der Waals surface area contributed by atoms with Crippen LogP contribution in [0.5, 0.6) is 0 Å². The van der Waals surface area contributed by atoms with Crippen LogP contribution < -0.4 is 0 Å². The van der Waals surface area contributed by atoms with Gasteiger partial charge in [-0.25, -0.2) is 8.42 Å². The smallest absolute Gasteiger partial charge is 0.255 e. The van der Waals surface area contributed by atoms with Gasteiger partial charge in [0.2, 0.25) is 10.0 Å². The Morgan fingerprint density at radius 1 is 1.24 bits per heavy atom. The van der Waals surface area contributed by atoms with E-state index < -0.39 is 10.0 Å². The Balaban J connectivity index is 2.37. The molecule has 0 bridgehead atoms. The molecule has 1 aromatic carbocycles. The fourth-order valence-electron chi connectivity index (χ4n) is 2.49. The number of nitrogens with zero attached hydrogens (tertiary/aromatic N) is 2. The van der Waals surface area contributed by atoms with E-state index in [0.717, 1.165) is 0 Å². The molecule has 0 N–H and O–H groups in total. The van der Waals surface area contributed by atoms with E-state index in [0.29, 0.717) is 26.3 Å². The molecule has 0 radical (unpaired) electrons. The van der Waals surface area contributed by atoms with Crippen molar-refractivity contribution in [3.05, 3.63) is 54.1 Å². The Hall–Kier alpha value is -1.67. The van der Waals surface area contributed by atoms with Crippen LogP contribution in [0.25, 0.3) is 0 Å². The average molecular weight is 385 g/mol. The number of halogens is 1. The number of rotatable bonds is 7. The van der Waals surface area contributed by atoms with Gasteiger partial charge in [0.25, 0.3) is 5.91 Å². The zero-order valence-corrected chi connectivity index (χ0v) is 15.4. The molecule has 0 unspecified atom stereocenters. The number of morpholine rings is 1. The summed E-state index contributed by atoms with van der Waals surface area (Å²) in [5, 5.41) is 0.198. The first-order valence-corrected chi connectivity index (χ1v) is 9.62. The van der Waals surface area contributed by atoms with E-state index in [2.05, 4.69) is 13.2 Å². The molecule has 2 rings (SSSR count). The summed E-state index contributed by atoms with van der Waals surface area (Å²) in [6.45, 7) is 9.14. The van der Waals surface area contributed by atoms with Crippen LogP contribution in [0.2, 0.25) is 5.02 Å². The predicted octanol–water partition coefficient (Wildman–Crippen LogP) is 2.18. The molecule has 6 nitrogen and oxygen atoms in total. The maximum Gasteiger partial charge on any atom is 0.255 e. The fraction of sp³-hybridized carbons (Fsp3) is 0.353. The summed E-state index contributed by atoms with van der Waals surface area (Å²) >= 11 is 6.14. The van der Waals surface area contributed by atoms with Crippen LogP contribution in [-0.2, 0) is 14.8 Å². The van der Waals surface area contributed by atoms with E-state index in [1.165, 1.54) is 27.4 Å². The van der Waals surface area contributed by atoms with Crippen LogP contribution in [0.1, 0.15) is 10.4 Å². The Bertz CT molecular complexity index is 748. The Morgan fingerprint density at radius 2 is 1.84 bits per heavy atom. The number of carbonyl (C=O) groups is 1. The number of carbonyl (C=O) groups excluding carboxylic acids is 1. The number of ether oxygens (including phenoxy) is 1. The first-order chi connectivity index (χ1) is 11.9. The zero-order chi connectivity index (χ0) is 18.4. The van der Waals surface area contributed by atoms with Gasteiger partial charge in [-0.05, 0) is 18.2 Å². The molecule has 1 saturated heterocycles. The molecule has 136 valence electrons. The highest BCUT2D eigenvalue weighted by atomic mass is 35.5. The lowest BCUT2D eigenvalue weighted by atomic mass is 10.2. The van der Waals surface area contributed by atoms with Crippen LogP contribution in [-0.4, -0.2) is 62.9 Å². The highest BCUT2D eigenvalue weighted by molar-refractivity contribution is 7.89. The van der Waals surface area contributed by atoms with E-state index >= 15 is 0 Å². The quantitative estimate of drug-likeness (QED) is 0.676. The van der Waals surface area contributed by atoms with Gasteiger partial charge in [-0.3, -0.25) is 4.79 Å². The first-order valence-electron chi connectivity index (χ1n) is 7.80. The second-order valence-corrected chi connectivity index (χ2v) is 7.79. The standard InChI is InChI=1S/C17H21ClN2O4S/c1-3-7-19(8-4-2)17(21)15-13-14(5-6-16(15)18)25(22,23)20-9-11-24-12-10-20/h3-6,13H,1-2,7-12H2. The molecular formula is C17H21ClN2O4S. The molecular weight excluding hydrogens is 364 g/mol. The third-order valence-corrected chi connectivity index (χ3v) is 5.99. The van der Waals surface area contributed by atoms with Crippen LogP contribution >= 0.6 is 11.6 Å². The molecule has 1 heterocycles. The minimum Gasteiger partial charge on any atom is -0.379 e. The van der Waals surface area contributed by atoms with E-state index in [9.17, 15) is 13.2 Å². The summed E-state index contributed by atoms with van der Waals surface area (Å²) in [7, 11) is -3.70. The van der Waals surface area contributed by atoms with E-state index in [1.54, 1.807) is 12.2 Å². The summed E-state index contributed by atoms with van der Waals surface area (Å²) in [6.07, 6.45) is 3.17. The van der Waals surface area contributed by atoms with Crippen molar-refractivity contribution in [3.63, 3.8) is 0 Å². The van der Waals surface area contributed by atoms with Crippen molar-refractivity contribution < 1.29 is 17.9 Å². The third-order valence-electron chi connectivity index (χ3n) is 3.76. The van der Waals surface area contributed by atoms with Crippen molar-refractivity contribution in [2.24, 2.45) is 0 Å². The second kappa shape index (κ2) is 8.62. The van der Waals surface area contributed by atoms with Crippen molar-refractivity contribution in [2.45, 2.75) is 4.90 Å². The molecule has 0 atom stereocenters. The van der Waals surface area contributed by atoms with Gasteiger partial charge in [0.1, 0.15) is 0 Å². The summed E-state index contributed by atoms with van der Waals surface area (Å²) in [6, 6.07) is 4.17. The lowest BCUT2D eigenvalue weighted by Crippen LogP contribution is -2.40. The molecule has 8 heteroatoms. The minimum atomic E-state index is -3.70. The fourth-order valence-corrected chi connectivity index (χ4v) is 4.12. The van der Waals surface area contributed by atoms with Crippen molar-refractivity contribution >= 4 is 27.5 Å². The topological polar surface area (TPSA) is 66.9 Å². The second-order valence-electron chi connectivity index (χ2n) is 5.45. The number of benzene rings is 1. The maximum atomic E-state index is 12.8. The Morgan fingerprint density at radius 3 is 2.40 bits per heavy atom. The SMILES string of the molecule is C=CCN(CC=C)C(=O)c1cc(S(=O)(=O)N2CCOCC2)ccc1Cl. The van der Waals surface area contributed by atoms with Crippen LogP contribution in [0.3, 0.4) is 0 Å². The summed E-state index contributed by atoms with van der Waals surface area (Å²) in [5.41, 5.74) is 0.139. The summed E-state index contributed by atoms with van der Waals surface area (Å²) in [4.78, 5) is 14.2. The molecule has 0 spiro atoms. The molecule has 1 aliphatic heterocycles. The van der Waals surface area contributed by atoms with Gasteiger partial charge < -0.3 is 9.64 Å². The summed E-state index contributed by atoms with van der Waals surface area (Å²) < 4.78 is 32.1. The zero-order valence-electron chi connectivity index (χ0n) is 13.9. The summed E-state index contributed by atoms with van der Waals surface area (Å²) in [5.74, 6) is -0.371. The van der Waals surface area contributed by atoms with Crippen LogP contribution in [0.4, 0.5) is 0 Å². The van der Waals surface area contributed by atoms with Crippen molar-refractivity contribution in [1.82, 2.24) is 9.21 Å². The molecule has 0 saturated carbocycles. The molecule has 0 aliphatic carbocycles. The highest BCUT2D eigenvalue weighted by Crippen LogP contribution is 2.24. The maximum absolute atomic E-state index is 12.8. The van der Waals surface area contributed by atoms with E-state index in [4.69, 9.17) is 16.3 Å². The van der Waals surface area contributed by atoms with Gasteiger partial charge in [-0.15, -0.1) is 13.2 Å². The molecule has 0 aromatic heterocycles. The van der Waals surface area contributed by atoms with E-state index in [-0.39, 0.29) is 34.5 Å². The number of hydrogen-bond donors (Lipinski definition) is 0. The van der Waals surface area contributed by atoms with Crippen molar-refractivity contribution in [1.29, 1.82) is 0 Å². The third kappa shape index (κ3) is 4.49. The molecule has 1 aliphatic rings. The van der Waals surface area contributed by atoms with Gasteiger partial charge in [0.15, 0.2) is 0 Å². The normalized spacial score (nSPS) is 15.6. The molecule has 1 amide bonds. The van der Waals surface area contributed by atoms with Gasteiger partial charge in [0.05, 0.1) is 28.7 Å². The highest BCUT2D eigenvalue weighted by Gasteiger charge is 2.28. The van der Waals surface area contributed by atoms with E-state index in [1.807, 2.05) is 0 Å².